The van der Waals surface area contributed by atoms with E-state index in [1.807, 2.05) is 47.7 Å². The first-order chi connectivity index (χ1) is 32.3. The van der Waals surface area contributed by atoms with Crippen LogP contribution in [0.3, 0.4) is 0 Å². The molecule has 0 spiro atoms. The van der Waals surface area contributed by atoms with E-state index in [9.17, 15) is 0 Å². The summed E-state index contributed by atoms with van der Waals surface area (Å²) in [6.07, 6.45) is 0. The molecule has 3 heterocycles. The molecule has 0 saturated carbocycles. The van der Waals surface area contributed by atoms with Gasteiger partial charge in [-0.15, -0.1) is 11.3 Å². The van der Waals surface area contributed by atoms with Crippen molar-refractivity contribution in [3.05, 3.63) is 216 Å². The summed E-state index contributed by atoms with van der Waals surface area (Å²) in [4.78, 5) is 15.9. The van der Waals surface area contributed by atoms with E-state index in [4.69, 9.17) is 15.0 Å². The third-order valence-electron chi connectivity index (χ3n) is 13.0. The molecule has 0 bridgehead atoms. The minimum absolute atomic E-state index is 0.606. The molecule has 0 atom stereocenters. The molecular weight excluding hydrogens is 821 g/mol. The molecule has 4 nitrogen and oxygen atoms in total. The fraction of sp³-hybridized carbons (Fsp3) is 0.0656. The van der Waals surface area contributed by atoms with E-state index in [0.717, 1.165) is 39.0 Å². The van der Waals surface area contributed by atoms with Gasteiger partial charge in [-0.05, 0) is 103 Å². The Labute approximate surface area is 388 Å². The Bertz CT molecular complexity index is 3700. The molecule has 0 N–H and O–H groups in total. The van der Waals surface area contributed by atoms with Crippen LogP contribution in [0.1, 0.15) is 22.3 Å². The van der Waals surface area contributed by atoms with Gasteiger partial charge in [-0.25, -0.2) is 15.0 Å². The van der Waals surface area contributed by atoms with Crippen LogP contribution in [0.5, 0.6) is 0 Å². The van der Waals surface area contributed by atoms with Crippen LogP contribution in [-0.4, -0.2) is 19.5 Å². The lowest BCUT2D eigenvalue weighted by Crippen LogP contribution is -2.04. The van der Waals surface area contributed by atoms with Crippen molar-refractivity contribution in [3.63, 3.8) is 0 Å². The Morgan fingerprint density at radius 3 is 1.45 bits per heavy atom. The van der Waals surface area contributed by atoms with E-state index in [1.54, 1.807) is 0 Å². The Morgan fingerprint density at radius 1 is 0.348 bits per heavy atom. The van der Waals surface area contributed by atoms with Gasteiger partial charge in [0.15, 0.2) is 17.5 Å². The van der Waals surface area contributed by atoms with Crippen LogP contribution in [0, 0.1) is 27.7 Å². The molecule has 5 heteroatoms. The predicted molar refractivity (Wildman–Crippen MR) is 279 cm³/mol. The van der Waals surface area contributed by atoms with Crippen molar-refractivity contribution >= 4 is 53.3 Å². The summed E-state index contributed by atoms with van der Waals surface area (Å²) in [6.45, 7) is 8.74. The lowest BCUT2D eigenvalue weighted by atomic mass is 9.96. The number of aromatic nitrogens is 4. The van der Waals surface area contributed by atoms with Gasteiger partial charge in [-0.2, -0.15) is 0 Å². The first kappa shape index (κ1) is 39.6. The molecule has 12 aromatic rings. The van der Waals surface area contributed by atoms with Crippen molar-refractivity contribution in [2.24, 2.45) is 0 Å². The van der Waals surface area contributed by atoms with Crippen molar-refractivity contribution in [2.75, 3.05) is 0 Å². The van der Waals surface area contributed by atoms with Gasteiger partial charge >= 0.3 is 0 Å². The lowest BCUT2D eigenvalue weighted by molar-refractivity contribution is 1.06. The number of rotatable bonds is 7. The Kier molecular flexibility index (Phi) is 9.55. The number of benzene rings is 9. The maximum atomic E-state index is 5.40. The molecule has 0 radical (unpaired) electrons. The second kappa shape index (κ2) is 15.9. The average Bonchev–Trinajstić information content (AvgIpc) is 3.89. The van der Waals surface area contributed by atoms with Gasteiger partial charge in [-0.1, -0.05) is 175 Å². The van der Waals surface area contributed by atoms with Gasteiger partial charge in [0.05, 0.1) is 16.7 Å². The first-order valence-corrected chi connectivity index (χ1v) is 23.3. The van der Waals surface area contributed by atoms with Gasteiger partial charge in [0.1, 0.15) is 0 Å². The van der Waals surface area contributed by atoms with Gasteiger partial charge < -0.3 is 4.57 Å². The normalized spacial score (nSPS) is 11.6. The summed E-state index contributed by atoms with van der Waals surface area (Å²) in [5.74, 6) is 1.85. The number of hydrogen-bond acceptors (Lipinski definition) is 4. The zero-order valence-electron chi connectivity index (χ0n) is 37.2. The van der Waals surface area contributed by atoms with E-state index < -0.39 is 0 Å². The molecule has 0 aliphatic carbocycles. The van der Waals surface area contributed by atoms with Crippen LogP contribution in [0.2, 0.25) is 0 Å². The molecule has 0 aliphatic rings. The first-order valence-electron chi connectivity index (χ1n) is 22.5. The highest BCUT2D eigenvalue weighted by molar-refractivity contribution is 7.26. The third-order valence-corrected chi connectivity index (χ3v) is 14.3. The molecule has 0 unspecified atom stereocenters. The van der Waals surface area contributed by atoms with Crippen molar-refractivity contribution in [3.8, 4) is 73.2 Å². The van der Waals surface area contributed by atoms with Crippen LogP contribution in [-0.2, 0) is 0 Å². The maximum absolute atomic E-state index is 5.40. The Morgan fingerprint density at radius 2 is 0.864 bits per heavy atom. The van der Waals surface area contributed by atoms with E-state index in [0.29, 0.717) is 17.5 Å². The topological polar surface area (TPSA) is 43.6 Å². The molecule has 12 rings (SSSR count). The van der Waals surface area contributed by atoms with Gasteiger partial charge in [-0.3, -0.25) is 0 Å². The molecule has 3 aromatic heterocycles. The quantitative estimate of drug-likeness (QED) is 0.160. The van der Waals surface area contributed by atoms with Crippen LogP contribution in [0.4, 0.5) is 0 Å². The van der Waals surface area contributed by atoms with Gasteiger partial charge in [0.25, 0.3) is 0 Å². The summed E-state index contributed by atoms with van der Waals surface area (Å²) < 4.78 is 4.99. The number of aryl methyl sites for hydroxylation is 4. The van der Waals surface area contributed by atoms with Crippen molar-refractivity contribution in [1.82, 2.24) is 19.5 Å². The molecule has 0 fully saturated rings. The maximum Gasteiger partial charge on any atom is 0.166 e. The smallest absolute Gasteiger partial charge is 0.166 e. The fourth-order valence-electron chi connectivity index (χ4n) is 9.87. The highest BCUT2D eigenvalue weighted by Gasteiger charge is 2.23. The number of fused-ring (bicyclic) bond motifs is 6. The SMILES string of the molecule is Cc1ccc(-c2ccc3c4ccc(-c5ccc(C)cc5C)cc4n(-c4ccc(-c5cccc6c5sc5ccccc56)cc4-c4nc(-c5ccccc5)nc(-c5ccccc5)n4)c3c2)c(C)c1. The molecule has 0 aliphatic heterocycles. The fourth-order valence-corrected chi connectivity index (χ4v) is 11.1. The molecule has 66 heavy (non-hydrogen) atoms. The third kappa shape index (κ3) is 6.79. The average molecular weight is 865 g/mol. The number of nitrogens with zero attached hydrogens (tertiary/aromatic N) is 4. The minimum Gasteiger partial charge on any atom is -0.308 e. The highest BCUT2D eigenvalue weighted by atomic mass is 32.1. The van der Waals surface area contributed by atoms with Crippen molar-refractivity contribution in [1.29, 1.82) is 0 Å². The lowest BCUT2D eigenvalue weighted by Gasteiger charge is -2.17. The molecule has 314 valence electrons. The zero-order chi connectivity index (χ0) is 44.5. The van der Waals surface area contributed by atoms with Crippen LogP contribution in [0.25, 0.3) is 115 Å². The second-order valence-electron chi connectivity index (χ2n) is 17.5. The van der Waals surface area contributed by atoms with Crippen molar-refractivity contribution in [2.45, 2.75) is 27.7 Å². The molecule has 0 saturated heterocycles. The van der Waals surface area contributed by atoms with Gasteiger partial charge in [0.2, 0.25) is 0 Å². The summed E-state index contributed by atoms with van der Waals surface area (Å²) in [5, 5.41) is 4.90. The highest BCUT2D eigenvalue weighted by Crippen LogP contribution is 2.44. The Balaban J connectivity index is 1.19. The molecule has 0 amide bonds. The zero-order valence-corrected chi connectivity index (χ0v) is 38.0. The molecular formula is C61H44N4S. The predicted octanol–water partition coefficient (Wildman–Crippen LogP) is 16.6. The summed E-state index contributed by atoms with van der Waals surface area (Å²) >= 11 is 1.85. The standard InChI is InChI=1S/C61H44N4S/c1-37-22-27-46(39(3)32-37)44-24-29-49-50-30-25-45(47-28-23-38(2)33-40(47)4)36-56(50)65(55(49)35-44)54-31-26-43(48-19-13-20-52-51-18-11-12-21-57(51)66-58(48)52)34-53(54)61-63-59(41-14-7-5-8-15-41)62-60(64-61)42-16-9-6-10-17-42/h5-36H,1-4H3. The minimum atomic E-state index is 0.606. The summed E-state index contributed by atoms with van der Waals surface area (Å²) in [6, 6.07) is 70.2. The Hall–Kier alpha value is -7.99. The van der Waals surface area contributed by atoms with E-state index in [2.05, 4.69) is 190 Å². The summed E-state index contributed by atoms with van der Waals surface area (Å²) in [7, 11) is 0. The molecule has 9 aromatic carbocycles. The van der Waals surface area contributed by atoms with Crippen LogP contribution in [0.15, 0.2) is 194 Å². The number of hydrogen-bond donors (Lipinski definition) is 0. The van der Waals surface area contributed by atoms with Crippen LogP contribution >= 0.6 is 11.3 Å². The number of thiophene rings is 1. The summed E-state index contributed by atoms with van der Waals surface area (Å²) in [5.41, 5.74) is 18.1. The van der Waals surface area contributed by atoms with E-state index >= 15 is 0 Å². The van der Waals surface area contributed by atoms with Crippen molar-refractivity contribution < 1.29 is 0 Å². The van der Waals surface area contributed by atoms with Gasteiger partial charge in [0, 0.05) is 47.6 Å². The monoisotopic (exact) mass is 864 g/mol. The van der Waals surface area contributed by atoms with Crippen LogP contribution < -0.4 is 0 Å². The van der Waals surface area contributed by atoms with E-state index in [1.165, 1.54) is 81.0 Å². The van der Waals surface area contributed by atoms with E-state index in [-0.39, 0.29) is 0 Å². The largest absolute Gasteiger partial charge is 0.308 e. The second-order valence-corrected chi connectivity index (χ2v) is 18.5.